The largest absolute Gasteiger partial charge is 0.494 e. The molecule has 160 valence electrons. The highest BCUT2D eigenvalue weighted by atomic mass is 16.5. The minimum atomic E-state index is 0.457. The van der Waals surface area contributed by atoms with Crippen molar-refractivity contribution in [3.05, 3.63) is 89.2 Å². The number of fused-ring (bicyclic) bond motifs is 1. The van der Waals surface area contributed by atoms with E-state index in [-0.39, 0.29) is 0 Å². The van der Waals surface area contributed by atoms with Crippen molar-refractivity contribution in [2.24, 2.45) is 0 Å². The third-order valence-electron chi connectivity index (χ3n) is 5.47. The number of hydrogen-bond donors (Lipinski definition) is 0. The van der Waals surface area contributed by atoms with Gasteiger partial charge in [0.05, 0.1) is 17.6 Å². The van der Waals surface area contributed by atoms with E-state index in [2.05, 4.69) is 73.9 Å². The molecule has 4 nitrogen and oxygen atoms in total. The van der Waals surface area contributed by atoms with Crippen LogP contribution in [0.25, 0.3) is 11.0 Å². The van der Waals surface area contributed by atoms with Crippen LogP contribution < -0.4 is 9.47 Å². The summed E-state index contributed by atoms with van der Waals surface area (Å²) in [6.07, 6.45) is 2.00. The summed E-state index contributed by atoms with van der Waals surface area (Å²) in [6, 6.07) is 22.8. The van der Waals surface area contributed by atoms with Gasteiger partial charge in [0.25, 0.3) is 0 Å². The van der Waals surface area contributed by atoms with Crippen molar-refractivity contribution in [2.45, 2.75) is 46.8 Å². The van der Waals surface area contributed by atoms with E-state index in [1.54, 1.807) is 0 Å². The van der Waals surface area contributed by atoms with Gasteiger partial charge in [-0.15, -0.1) is 0 Å². The molecule has 0 atom stereocenters. The van der Waals surface area contributed by atoms with Gasteiger partial charge in [-0.2, -0.15) is 0 Å². The summed E-state index contributed by atoms with van der Waals surface area (Å²) in [7, 11) is 0. The molecule has 0 unspecified atom stereocenters. The second-order valence-corrected chi connectivity index (χ2v) is 8.10. The molecule has 4 aromatic rings. The van der Waals surface area contributed by atoms with Crippen LogP contribution in [0.1, 0.15) is 35.4 Å². The van der Waals surface area contributed by atoms with E-state index in [0.717, 1.165) is 53.3 Å². The third kappa shape index (κ3) is 5.26. The molecule has 0 bridgehead atoms. The van der Waals surface area contributed by atoms with E-state index >= 15 is 0 Å². The lowest BCUT2D eigenvalue weighted by Crippen LogP contribution is -2.09. The fourth-order valence-electron chi connectivity index (χ4n) is 3.76. The van der Waals surface area contributed by atoms with Gasteiger partial charge in [0.2, 0.25) is 0 Å². The Hall–Kier alpha value is -3.27. The summed E-state index contributed by atoms with van der Waals surface area (Å²) in [6.45, 7) is 8.30. The zero-order valence-electron chi connectivity index (χ0n) is 18.6. The van der Waals surface area contributed by atoms with E-state index in [1.165, 1.54) is 11.1 Å². The number of aromatic nitrogens is 2. The van der Waals surface area contributed by atoms with Gasteiger partial charge in [0.1, 0.15) is 23.9 Å². The van der Waals surface area contributed by atoms with Gasteiger partial charge in [-0.25, -0.2) is 4.98 Å². The lowest BCUT2D eigenvalue weighted by molar-refractivity contribution is 0.283. The molecular weight excluding hydrogens is 384 g/mol. The summed E-state index contributed by atoms with van der Waals surface area (Å²) in [5.41, 5.74) is 5.72. The Morgan fingerprint density at radius 2 is 1.65 bits per heavy atom. The van der Waals surface area contributed by atoms with Crippen LogP contribution in [-0.4, -0.2) is 16.2 Å². The average Bonchev–Trinajstić information content (AvgIpc) is 3.12. The highest BCUT2D eigenvalue weighted by molar-refractivity contribution is 5.75. The molecule has 31 heavy (non-hydrogen) atoms. The second kappa shape index (κ2) is 9.69. The Labute approximate surface area is 184 Å². The molecule has 0 fully saturated rings. The Morgan fingerprint density at radius 1 is 0.806 bits per heavy atom. The SMILES string of the molecule is Cc1cccc(OCCCCn2c(COc3cc(C)ccc3C)nc3ccccc32)c1. The van der Waals surface area contributed by atoms with Crippen molar-refractivity contribution >= 4 is 11.0 Å². The standard InChI is InChI=1S/C27H30N2O2/c1-20-9-8-10-23(17-20)30-16-7-6-15-29-25-12-5-4-11-24(25)28-27(29)19-31-26-18-21(2)13-14-22(26)3/h4-5,8-14,17-18H,6-7,15-16,19H2,1-3H3. The second-order valence-electron chi connectivity index (χ2n) is 8.10. The molecule has 4 heteroatoms. The van der Waals surface area contributed by atoms with Gasteiger partial charge >= 0.3 is 0 Å². The maximum Gasteiger partial charge on any atom is 0.147 e. The number of rotatable bonds is 9. The third-order valence-corrected chi connectivity index (χ3v) is 5.47. The number of hydrogen-bond acceptors (Lipinski definition) is 3. The fraction of sp³-hybridized carbons (Fsp3) is 0.296. The molecule has 0 spiro atoms. The molecule has 0 aliphatic rings. The minimum absolute atomic E-state index is 0.457. The summed E-state index contributed by atoms with van der Waals surface area (Å²) in [5, 5.41) is 0. The van der Waals surface area contributed by atoms with Crippen molar-refractivity contribution < 1.29 is 9.47 Å². The monoisotopic (exact) mass is 414 g/mol. The van der Waals surface area contributed by atoms with Gasteiger partial charge in [0.15, 0.2) is 0 Å². The zero-order chi connectivity index (χ0) is 21.6. The van der Waals surface area contributed by atoms with E-state index in [4.69, 9.17) is 14.5 Å². The molecule has 0 amide bonds. The smallest absolute Gasteiger partial charge is 0.147 e. The summed E-state index contributed by atoms with van der Waals surface area (Å²) in [5.74, 6) is 2.82. The molecule has 0 aliphatic heterocycles. The molecule has 3 aromatic carbocycles. The van der Waals surface area contributed by atoms with Gasteiger partial charge in [0, 0.05) is 6.54 Å². The summed E-state index contributed by atoms with van der Waals surface area (Å²) in [4.78, 5) is 4.84. The van der Waals surface area contributed by atoms with E-state index in [9.17, 15) is 0 Å². The average molecular weight is 415 g/mol. The normalized spacial score (nSPS) is 11.1. The first-order valence-corrected chi connectivity index (χ1v) is 10.9. The minimum Gasteiger partial charge on any atom is -0.494 e. The van der Waals surface area contributed by atoms with Crippen molar-refractivity contribution in [1.29, 1.82) is 0 Å². The summed E-state index contributed by atoms with van der Waals surface area (Å²) >= 11 is 0. The molecule has 0 saturated carbocycles. The number of imidazole rings is 1. The number of unbranched alkanes of at least 4 members (excludes halogenated alkanes) is 1. The molecule has 0 radical (unpaired) electrons. The van der Waals surface area contributed by atoms with E-state index < -0.39 is 0 Å². The van der Waals surface area contributed by atoms with Crippen LogP contribution in [0, 0.1) is 20.8 Å². The van der Waals surface area contributed by atoms with Crippen LogP contribution in [0.15, 0.2) is 66.7 Å². The van der Waals surface area contributed by atoms with Crippen LogP contribution in [0.3, 0.4) is 0 Å². The number of aryl methyl sites for hydroxylation is 4. The first-order valence-electron chi connectivity index (χ1n) is 10.9. The van der Waals surface area contributed by atoms with Crippen LogP contribution in [0.5, 0.6) is 11.5 Å². The van der Waals surface area contributed by atoms with Crippen LogP contribution in [0.2, 0.25) is 0 Å². The fourth-order valence-corrected chi connectivity index (χ4v) is 3.76. The van der Waals surface area contributed by atoms with Crippen molar-refractivity contribution in [3.8, 4) is 11.5 Å². The summed E-state index contributed by atoms with van der Waals surface area (Å²) < 4.78 is 14.4. The Bertz CT molecular complexity index is 1160. The molecular formula is C27H30N2O2. The molecule has 1 aromatic heterocycles. The van der Waals surface area contributed by atoms with Crippen LogP contribution in [-0.2, 0) is 13.2 Å². The molecule has 0 saturated heterocycles. The Morgan fingerprint density at radius 3 is 2.52 bits per heavy atom. The molecule has 4 rings (SSSR count). The van der Waals surface area contributed by atoms with Crippen LogP contribution in [0.4, 0.5) is 0 Å². The van der Waals surface area contributed by atoms with Crippen molar-refractivity contribution in [1.82, 2.24) is 9.55 Å². The van der Waals surface area contributed by atoms with Gasteiger partial charge in [-0.3, -0.25) is 0 Å². The zero-order valence-corrected chi connectivity index (χ0v) is 18.6. The number of para-hydroxylation sites is 2. The van der Waals surface area contributed by atoms with Gasteiger partial charge in [-0.05, 0) is 80.6 Å². The van der Waals surface area contributed by atoms with Gasteiger partial charge < -0.3 is 14.0 Å². The number of benzene rings is 3. The lowest BCUT2D eigenvalue weighted by atomic mass is 10.1. The van der Waals surface area contributed by atoms with Crippen molar-refractivity contribution in [3.63, 3.8) is 0 Å². The van der Waals surface area contributed by atoms with Crippen molar-refractivity contribution in [2.75, 3.05) is 6.61 Å². The van der Waals surface area contributed by atoms with Crippen LogP contribution >= 0.6 is 0 Å². The number of nitrogens with zero attached hydrogens (tertiary/aromatic N) is 2. The maximum atomic E-state index is 6.16. The highest BCUT2D eigenvalue weighted by Crippen LogP contribution is 2.22. The Balaban J connectivity index is 1.40. The van der Waals surface area contributed by atoms with E-state index in [1.807, 2.05) is 18.2 Å². The lowest BCUT2D eigenvalue weighted by Gasteiger charge is -2.13. The van der Waals surface area contributed by atoms with E-state index in [0.29, 0.717) is 13.2 Å². The highest BCUT2D eigenvalue weighted by Gasteiger charge is 2.12. The topological polar surface area (TPSA) is 36.3 Å². The molecule has 0 aliphatic carbocycles. The first-order chi connectivity index (χ1) is 15.1. The quantitative estimate of drug-likeness (QED) is 0.297. The van der Waals surface area contributed by atoms with Gasteiger partial charge in [-0.1, -0.05) is 36.4 Å². The Kier molecular flexibility index (Phi) is 6.56. The predicted octanol–water partition coefficient (Wildman–Crippen LogP) is 6.40. The predicted molar refractivity (Wildman–Crippen MR) is 126 cm³/mol. The first kappa shape index (κ1) is 21.0. The number of ether oxygens (including phenoxy) is 2. The molecule has 0 N–H and O–H groups in total. The molecule has 1 heterocycles. The maximum absolute atomic E-state index is 6.16.